The number of anilines is 5. The van der Waals surface area contributed by atoms with Gasteiger partial charge in [-0.25, -0.2) is 0 Å². The van der Waals surface area contributed by atoms with Crippen LogP contribution in [0, 0.1) is 6.92 Å². The number of aryl methyl sites for hydroxylation is 1. The summed E-state index contributed by atoms with van der Waals surface area (Å²) in [7, 11) is 0. The average molecular weight is 839 g/mol. The third-order valence-corrected chi connectivity index (χ3v) is 16.0. The highest BCUT2D eigenvalue weighted by Gasteiger charge is 2.48. The van der Waals surface area contributed by atoms with Crippen LogP contribution in [0.15, 0.2) is 133 Å². The summed E-state index contributed by atoms with van der Waals surface area (Å²) in [5.41, 5.74) is 21.3. The van der Waals surface area contributed by atoms with Crippen molar-refractivity contribution in [2.45, 2.75) is 111 Å². The number of thiophene rings is 1. The van der Waals surface area contributed by atoms with E-state index in [1.54, 1.807) is 0 Å². The van der Waals surface area contributed by atoms with Gasteiger partial charge >= 0.3 is 6.85 Å². The summed E-state index contributed by atoms with van der Waals surface area (Å²) in [5, 5.41) is 2.70. The van der Waals surface area contributed by atoms with Crippen LogP contribution in [0.25, 0.3) is 42.4 Å². The van der Waals surface area contributed by atoms with Crippen molar-refractivity contribution in [3.8, 4) is 22.3 Å². The van der Waals surface area contributed by atoms with Crippen LogP contribution in [0.1, 0.15) is 110 Å². The summed E-state index contributed by atoms with van der Waals surface area (Å²) in [6, 6.07) is 52.1. The first-order chi connectivity index (χ1) is 29.9. The lowest BCUT2D eigenvalue weighted by atomic mass is 9.42. The van der Waals surface area contributed by atoms with Gasteiger partial charge in [-0.1, -0.05) is 142 Å². The van der Waals surface area contributed by atoms with E-state index in [9.17, 15) is 0 Å². The van der Waals surface area contributed by atoms with E-state index >= 15 is 0 Å². The van der Waals surface area contributed by atoms with Crippen molar-refractivity contribution in [1.82, 2.24) is 0 Å². The van der Waals surface area contributed by atoms with Gasteiger partial charge in [0.15, 0.2) is 0 Å². The highest BCUT2D eigenvalue weighted by molar-refractivity contribution is 7.26. The molecule has 4 heteroatoms. The maximum Gasteiger partial charge on any atom is 0.333 e. The molecule has 7 aromatic carbocycles. The van der Waals surface area contributed by atoms with Crippen molar-refractivity contribution in [1.29, 1.82) is 0 Å². The Bertz CT molecular complexity index is 3160. The second-order valence-electron chi connectivity index (χ2n) is 22.2. The van der Waals surface area contributed by atoms with Crippen LogP contribution in [0.2, 0.25) is 0 Å². The number of nitrogens with zero attached hydrogens (tertiary/aromatic N) is 2. The van der Waals surface area contributed by atoms with Gasteiger partial charge in [0.25, 0.3) is 0 Å². The molecule has 3 aliphatic rings. The topological polar surface area (TPSA) is 6.48 Å². The molecule has 63 heavy (non-hydrogen) atoms. The molecule has 0 bridgehead atoms. The van der Waals surface area contributed by atoms with E-state index < -0.39 is 0 Å². The number of hydrogen-bond donors (Lipinski definition) is 0. The molecular formula is C59H59BN2S. The van der Waals surface area contributed by atoms with Crippen molar-refractivity contribution < 1.29 is 0 Å². The fraction of sp³-hybridized carbons (Fsp3) is 0.288. The fourth-order valence-corrected chi connectivity index (χ4v) is 12.3. The van der Waals surface area contributed by atoms with E-state index in [1.807, 2.05) is 11.3 Å². The van der Waals surface area contributed by atoms with E-state index in [4.69, 9.17) is 0 Å². The molecule has 0 spiro atoms. The minimum Gasteiger partial charge on any atom is -0.376 e. The number of benzene rings is 7. The van der Waals surface area contributed by atoms with Crippen molar-refractivity contribution in [3.05, 3.63) is 161 Å². The molecule has 2 aliphatic heterocycles. The molecule has 0 N–H and O–H groups in total. The van der Waals surface area contributed by atoms with Gasteiger partial charge in [-0.15, -0.1) is 11.3 Å². The molecule has 3 heterocycles. The quantitative estimate of drug-likeness (QED) is 0.164. The SMILES string of the molecule is Cc1cc2c3c(c1)N(c1ccc(C(C)(C)C)cc1-c1ccccc1)c1ccc4sc5ccccc5c4c1B3N(c1ccc(C(C)(C)C)cc1)c1cc3c(cc1-2)C(C)(C)CCC3(C)C. The van der Waals surface area contributed by atoms with Gasteiger partial charge in [0, 0.05) is 43.3 Å². The molecular weight excluding hydrogens is 780 g/mol. The Balaban J connectivity index is 1.31. The summed E-state index contributed by atoms with van der Waals surface area (Å²) >= 11 is 1.92. The van der Waals surface area contributed by atoms with Crippen molar-refractivity contribution in [2.24, 2.45) is 0 Å². The van der Waals surface area contributed by atoms with Gasteiger partial charge in [0.2, 0.25) is 0 Å². The smallest absolute Gasteiger partial charge is 0.333 e. The summed E-state index contributed by atoms with van der Waals surface area (Å²) in [6.07, 6.45) is 2.35. The monoisotopic (exact) mass is 838 g/mol. The lowest BCUT2D eigenvalue weighted by Crippen LogP contribution is -2.62. The Morgan fingerprint density at radius 3 is 1.86 bits per heavy atom. The van der Waals surface area contributed by atoms with Crippen LogP contribution in [-0.4, -0.2) is 6.85 Å². The first kappa shape index (κ1) is 40.2. The van der Waals surface area contributed by atoms with Crippen molar-refractivity contribution >= 4 is 77.7 Å². The van der Waals surface area contributed by atoms with Crippen LogP contribution in [0.3, 0.4) is 0 Å². The predicted molar refractivity (Wildman–Crippen MR) is 276 cm³/mol. The summed E-state index contributed by atoms with van der Waals surface area (Å²) in [5.74, 6) is 0. The zero-order chi connectivity index (χ0) is 44.0. The minimum atomic E-state index is -0.0803. The molecule has 1 aromatic heterocycles. The maximum atomic E-state index is 2.75. The third-order valence-electron chi connectivity index (χ3n) is 14.9. The Hall–Kier alpha value is -5.58. The van der Waals surface area contributed by atoms with Gasteiger partial charge in [-0.2, -0.15) is 0 Å². The van der Waals surface area contributed by atoms with Crippen LogP contribution in [0.4, 0.5) is 28.4 Å². The Morgan fingerprint density at radius 1 is 0.524 bits per heavy atom. The molecule has 314 valence electrons. The third kappa shape index (κ3) is 6.18. The summed E-state index contributed by atoms with van der Waals surface area (Å²) in [6.45, 7) is 26.0. The molecule has 0 saturated carbocycles. The lowest BCUT2D eigenvalue weighted by molar-refractivity contribution is 0.332. The Kier molecular flexibility index (Phi) is 8.75. The van der Waals surface area contributed by atoms with Crippen LogP contribution in [-0.2, 0) is 21.7 Å². The molecule has 0 fully saturated rings. The second kappa shape index (κ2) is 13.7. The second-order valence-corrected chi connectivity index (χ2v) is 23.2. The first-order valence-corrected chi connectivity index (χ1v) is 23.9. The van der Waals surface area contributed by atoms with E-state index in [1.165, 1.54) is 122 Å². The van der Waals surface area contributed by atoms with Crippen molar-refractivity contribution in [2.75, 3.05) is 9.71 Å². The zero-order valence-electron chi connectivity index (χ0n) is 39.0. The highest BCUT2D eigenvalue weighted by Crippen LogP contribution is 2.55. The van der Waals surface area contributed by atoms with E-state index in [-0.39, 0.29) is 28.5 Å². The fourth-order valence-electron chi connectivity index (χ4n) is 11.2. The van der Waals surface area contributed by atoms with E-state index in [0.29, 0.717) is 0 Å². The van der Waals surface area contributed by atoms with E-state index in [2.05, 4.69) is 219 Å². The van der Waals surface area contributed by atoms with Gasteiger partial charge in [0.1, 0.15) is 0 Å². The minimum absolute atomic E-state index is 0.00848. The standard InChI is InChI=1S/C59H59BN2S/c1-36-31-44-43-34-45-46(59(10,11)30-29-58(45,8)9)35-49(43)62(40-24-21-38(22-25-40)56(2,3)4)60-54(44)50(32-36)61(48-27-28-52-53(55(48)60)41-19-15-16-20-51(41)63-52)47-26-23-39(57(5,6)7)33-42(47)37-17-13-12-14-18-37/h12-28,31-35H,29-30H2,1-11H3. The molecule has 0 atom stereocenters. The molecule has 11 rings (SSSR count). The molecule has 0 saturated heterocycles. The van der Waals surface area contributed by atoms with Gasteiger partial charge < -0.3 is 9.71 Å². The maximum absolute atomic E-state index is 2.75. The van der Waals surface area contributed by atoms with Gasteiger partial charge in [-0.3, -0.25) is 0 Å². The number of fused-ring (bicyclic) bond motifs is 9. The molecule has 1 aliphatic carbocycles. The zero-order valence-corrected chi connectivity index (χ0v) is 39.8. The molecule has 0 radical (unpaired) electrons. The molecule has 8 aromatic rings. The Labute approximate surface area is 379 Å². The van der Waals surface area contributed by atoms with Crippen LogP contribution >= 0.6 is 11.3 Å². The average Bonchev–Trinajstić information content (AvgIpc) is 3.63. The van der Waals surface area contributed by atoms with Crippen molar-refractivity contribution in [3.63, 3.8) is 0 Å². The largest absolute Gasteiger partial charge is 0.376 e. The van der Waals surface area contributed by atoms with E-state index in [0.717, 1.165) is 0 Å². The summed E-state index contributed by atoms with van der Waals surface area (Å²) < 4.78 is 2.66. The predicted octanol–water partition coefficient (Wildman–Crippen LogP) is 15.7. The van der Waals surface area contributed by atoms with Gasteiger partial charge in [-0.05, 0) is 163 Å². The summed E-state index contributed by atoms with van der Waals surface area (Å²) in [4.78, 5) is 5.40. The number of rotatable bonds is 3. The Morgan fingerprint density at radius 2 is 1.16 bits per heavy atom. The van der Waals surface area contributed by atoms with Crippen LogP contribution in [0.5, 0.6) is 0 Å². The van der Waals surface area contributed by atoms with Crippen LogP contribution < -0.4 is 20.6 Å². The molecule has 0 unspecified atom stereocenters. The highest BCUT2D eigenvalue weighted by atomic mass is 32.1. The number of hydrogen-bond acceptors (Lipinski definition) is 3. The normalized spacial score (nSPS) is 16.2. The first-order valence-electron chi connectivity index (χ1n) is 23.1. The lowest BCUT2D eigenvalue weighted by Gasteiger charge is -2.48. The van der Waals surface area contributed by atoms with Gasteiger partial charge in [0.05, 0.1) is 5.69 Å². The molecule has 2 nitrogen and oxygen atoms in total. The molecule has 0 amide bonds.